The van der Waals surface area contributed by atoms with Gasteiger partial charge in [0.2, 0.25) is 5.91 Å². The number of halogens is 3. The normalized spacial score (nSPS) is 11.2. The zero-order valence-electron chi connectivity index (χ0n) is 15.2. The van der Waals surface area contributed by atoms with Crippen molar-refractivity contribution in [3.63, 3.8) is 0 Å². The number of hydrogen-bond donors (Lipinski definition) is 1. The van der Waals surface area contributed by atoms with Crippen molar-refractivity contribution in [2.75, 3.05) is 12.8 Å². The van der Waals surface area contributed by atoms with Gasteiger partial charge in [0.25, 0.3) is 0 Å². The molecule has 0 radical (unpaired) electrons. The second kappa shape index (κ2) is 7.20. The number of esters is 1. The van der Waals surface area contributed by atoms with Crippen molar-refractivity contribution >= 4 is 40.1 Å². The molecule has 0 atom stereocenters. The first-order chi connectivity index (χ1) is 13.2. The van der Waals surface area contributed by atoms with E-state index in [-0.39, 0.29) is 27.2 Å². The van der Waals surface area contributed by atoms with Crippen LogP contribution in [0.4, 0.5) is 14.5 Å². The van der Waals surface area contributed by atoms with Gasteiger partial charge in [-0.15, -0.1) is 0 Å². The van der Waals surface area contributed by atoms with Crippen LogP contribution in [0.3, 0.4) is 0 Å². The van der Waals surface area contributed by atoms with Gasteiger partial charge in [-0.3, -0.25) is 9.36 Å². The summed E-state index contributed by atoms with van der Waals surface area (Å²) in [4.78, 5) is 28.4. The van der Waals surface area contributed by atoms with Gasteiger partial charge >= 0.3 is 5.97 Å². The molecular weight excluding hydrogens is 392 g/mol. The number of nitrogens with two attached hydrogens (primary N) is 1. The van der Waals surface area contributed by atoms with Crippen LogP contribution >= 0.6 is 11.6 Å². The number of carbonyl (C=O) groups is 2. The van der Waals surface area contributed by atoms with E-state index in [1.807, 2.05) is 0 Å². The molecule has 1 aromatic carbocycles. The maximum atomic E-state index is 15.5. The molecule has 0 fully saturated rings. The Hall–Kier alpha value is -3.00. The van der Waals surface area contributed by atoms with Gasteiger partial charge < -0.3 is 10.5 Å². The summed E-state index contributed by atoms with van der Waals surface area (Å²) in [5, 5.41) is -0.178. The quantitative estimate of drug-likeness (QED) is 0.516. The Morgan fingerprint density at radius 1 is 1.29 bits per heavy atom. The topological polar surface area (TPSA) is 87.2 Å². The zero-order chi connectivity index (χ0) is 20.7. The number of hydrogen-bond acceptors (Lipinski definition) is 5. The maximum Gasteiger partial charge on any atom is 0.357 e. The standard InChI is InChI=1S/C19H16ClF2N3O3/c1-8(2)18(26)25-7-10(20)12-15(23)13(21)11(14(22)17(12)25)9-5-4-6-24-16(9)19(27)28-3/h4-8H,23H2,1-3H3. The number of aromatic nitrogens is 2. The van der Waals surface area contributed by atoms with Crippen molar-refractivity contribution in [1.29, 1.82) is 0 Å². The van der Waals surface area contributed by atoms with Crippen molar-refractivity contribution in [3.8, 4) is 11.1 Å². The number of benzene rings is 1. The molecular formula is C19H16ClF2N3O3. The summed E-state index contributed by atoms with van der Waals surface area (Å²) in [5.74, 6) is -4.00. The average molecular weight is 408 g/mol. The van der Waals surface area contributed by atoms with E-state index >= 15 is 8.78 Å². The SMILES string of the molecule is COC(=O)c1ncccc1-c1c(F)c(N)c2c(Cl)cn(C(=O)C(C)C)c2c1F. The molecule has 3 aromatic rings. The number of methoxy groups -OCH3 is 1. The summed E-state index contributed by atoms with van der Waals surface area (Å²) in [6.45, 7) is 3.26. The minimum atomic E-state index is -1.11. The minimum Gasteiger partial charge on any atom is -0.464 e. The van der Waals surface area contributed by atoms with Crippen LogP contribution in [0.2, 0.25) is 5.02 Å². The lowest BCUT2D eigenvalue weighted by Crippen LogP contribution is -2.17. The molecule has 0 amide bonds. The molecule has 0 spiro atoms. The van der Waals surface area contributed by atoms with Crippen LogP contribution in [0.25, 0.3) is 22.0 Å². The molecule has 2 N–H and O–H groups in total. The van der Waals surface area contributed by atoms with Crippen molar-refractivity contribution in [2.24, 2.45) is 5.92 Å². The van der Waals surface area contributed by atoms with Gasteiger partial charge in [-0.05, 0) is 6.07 Å². The largest absolute Gasteiger partial charge is 0.464 e. The first-order valence-electron chi connectivity index (χ1n) is 8.25. The molecule has 6 nitrogen and oxygen atoms in total. The highest BCUT2D eigenvalue weighted by Gasteiger charge is 2.29. The molecule has 2 aromatic heterocycles. The molecule has 0 unspecified atom stereocenters. The summed E-state index contributed by atoms with van der Waals surface area (Å²) < 4.78 is 36.3. The van der Waals surface area contributed by atoms with Crippen molar-refractivity contribution < 1.29 is 23.1 Å². The van der Waals surface area contributed by atoms with Crippen LogP contribution in [0, 0.1) is 17.6 Å². The number of fused-ring (bicyclic) bond motifs is 1. The Labute approximate surface area is 163 Å². The second-order valence-electron chi connectivity index (χ2n) is 6.37. The lowest BCUT2D eigenvalue weighted by Gasteiger charge is -2.14. The molecule has 28 heavy (non-hydrogen) atoms. The Balaban J connectivity index is 2.46. The highest BCUT2D eigenvalue weighted by molar-refractivity contribution is 6.37. The van der Waals surface area contributed by atoms with E-state index < -0.39 is 40.7 Å². The van der Waals surface area contributed by atoms with Crippen molar-refractivity contribution in [2.45, 2.75) is 13.8 Å². The van der Waals surface area contributed by atoms with Crippen molar-refractivity contribution in [1.82, 2.24) is 9.55 Å². The Morgan fingerprint density at radius 2 is 1.96 bits per heavy atom. The van der Waals surface area contributed by atoms with Gasteiger partial charge in [0, 0.05) is 29.3 Å². The van der Waals surface area contributed by atoms with Gasteiger partial charge in [0.15, 0.2) is 17.3 Å². The maximum absolute atomic E-state index is 15.5. The molecule has 0 bridgehead atoms. The van der Waals surface area contributed by atoms with Gasteiger partial charge in [-0.1, -0.05) is 31.5 Å². The predicted molar refractivity (Wildman–Crippen MR) is 101 cm³/mol. The van der Waals surface area contributed by atoms with Crippen LogP contribution in [0.15, 0.2) is 24.5 Å². The lowest BCUT2D eigenvalue weighted by molar-refractivity contribution is 0.0594. The number of ether oxygens (including phenoxy) is 1. The number of nitrogens with zero attached hydrogens (tertiary/aromatic N) is 2. The molecule has 146 valence electrons. The smallest absolute Gasteiger partial charge is 0.357 e. The molecule has 2 heterocycles. The van der Waals surface area contributed by atoms with Crippen LogP contribution < -0.4 is 5.73 Å². The molecule has 0 saturated carbocycles. The highest BCUT2D eigenvalue weighted by atomic mass is 35.5. The third kappa shape index (κ3) is 2.90. The second-order valence-corrected chi connectivity index (χ2v) is 6.78. The van der Waals surface area contributed by atoms with E-state index in [0.29, 0.717) is 0 Å². The number of pyridine rings is 1. The number of rotatable bonds is 3. The fourth-order valence-electron chi connectivity index (χ4n) is 2.96. The summed E-state index contributed by atoms with van der Waals surface area (Å²) in [5.41, 5.74) is 4.15. The molecule has 0 aliphatic carbocycles. The molecule has 0 aliphatic heterocycles. The van der Waals surface area contributed by atoms with E-state index in [1.54, 1.807) is 13.8 Å². The van der Waals surface area contributed by atoms with Crippen LogP contribution in [-0.4, -0.2) is 28.5 Å². The third-order valence-corrected chi connectivity index (χ3v) is 4.59. The van der Waals surface area contributed by atoms with Gasteiger partial charge in [0.1, 0.15) is 0 Å². The summed E-state index contributed by atoms with van der Waals surface area (Å²) in [7, 11) is 1.12. The fraction of sp³-hybridized carbons (Fsp3) is 0.211. The monoisotopic (exact) mass is 407 g/mol. The number of nitrogen functional groups attached to an aromatic ring is 1. The summed E-state index contributed by atoms with van der Waals surface area (Å²) in [6, 6.07) is 2.72. The van der Waals surface area contributed by atoms with E-state index in [1.165, 1.54) is 24.5 Å². The van der Waals surface area contributed by atoms with Crippen LogP contribution in [0.1, 0.15) is 29.1 Å². The Morgan fingerprint density at radius 3 is 2.57 bits per heavy atom. The Kier molecular flexibility index (Phi) is 5.08. The Bertz CT molecular complexity index is 1130. The van der Waals surface area contributed by atoms with E-state index in [0.717, 1.165) is 11.7 Å². The first kappa shape index (κ1) is 19.8. The summed E-state index contributed by atoms with van der Waals surface area (Å²) in [6.07, 6.45) is 2.48. The lowest BCUT2D eigenvalue weighted by atomic mass is 9.99. The predicted octanol–water partition coefficient (Wildman–Crippen LogP) is 4.30. The van der Waals surface area contributed by atoms with Crippen LogP contribution in [-0.2, 0) is 4.74 Å². The van der Waals surface area contributed by atoms with Gasteiger partial charge in [-0.2, -0.15) is 0 Å². The molecule has 3 rings (SSSR count). The van der Waals surface area contributed by atoms with Gasteiger partial charge in [-0.25, -0.2) is 18.6 Å². The minimum absolute atomic E-state index is 0.0646. The zero-order valence-corrected chi connectivity index (χ0v) is 16.0. The summed E-state index contributed by atoms with van der Waals surface area (Å²) >= 11 is 6.11. The van der Waals surface area contributed by atoms with E-state index in [2.05, 4.69) is 9.72 Å². The molecule has 0 saturated heterocycles. The average Bonchev–Trinajstić information content (AvgIpc) is 3.03. The third-order valence-electron chi connectivity index (χ3n) is 4.30. The van der Waals surface area contributed by atoms with E-state index in [9.17, 15) is 9.59 Å². The highest BCUT2D eigenvalue weighted by Crippen LogP contribution is 2.41. The number of anilines is 1. The fourth-order valence-corrected chi connectivity index (χ4v) is 3.25. The van der Waals surface area contributed by atoms with Crippen LogP contribution in [0.5, 0.6) is 0 Å². The van der Waals surface area contributed by atoms with Gasteiger partial charge in [0.05, 0.1) is 28.9 Å². The van der Waals surface area contributed by atoms with Crippen molar-refractivity contribution in [3.05, 3.63) is 46.9 Å². The molecule has 9 heteroatoms. The molecule has 0 aliphatic rings. The van der Waals surface area contributed by atoms with E-state index in [4.69, 9.17) is 17.3 Å². The first-order valence-corrected chi connectivity index (χ1v) is 8.63. The number of carbonyl (C=O) groups excluding carboxylic acids is 2.